The molecule has 1 aromatic carbocycles. The van der Waals surface area contributed by atoms with E-state index in [2.05, 4.69) is 16.4 Å². The number of carbonyl (C=O) groups is 1. The lowest BCUT2D eigenvalue weighted by molar-refractivity contribution is -0.144. The van der Waals surface area contributed by atoms with Crippen LogP contribution in [-0.2, 0) is 10.2 Å². The number of carbonyl (C=O) groups excluding carboxylic acids is 1. The SMILES string of the molecule is N#C[C@]1(c2ccc3cnc(NC(=O)[C@@H]4CCN(CC(F)(F)F)C4)cc3c2)CC12CC2. The molecular formula is C22H21F3N4O. The van der Waals surface area contributed by atoms with E-state index in [-0.39, 0.29) is 29.8 Å². The molecule has 156 valence electrons. The molecule has 2 saturated carbocycles. The molecule has 2 heterocycles. The molecule has 3 fully saturated rings. The van der Waals surface area contributed by atoms with Crippen LogP contribution in [0.5, 0.6) is 0 Å². The normalized spacial score (nSPS) is 27.2. The van der Waals surface area contributed by atoms with E-state index in [1.165, 1.54) is 4.90 Å². The van der Waals surface area contributed by atoms with Crippen LogP contribution >= 0.6 is 0 Å². The quantitative estimate of drug-likeness (QED) is 0.821. The number of nitriles is 1. The number of aromatic nitrogens is 1. The third-order valence-corrected chi connectivity index (χ3v) is 6.94. The minimum atomic E-state index is -4.26. The van der Waals surface area contributed by atoms with Crippen molar-refractivity contribution in [3.8, 4) is 6.07 Å². The predicted octanol–water partition coefficient (Wildman–Crippen LogP) is 4.00. The molecule has 1 aromatic heterocycles. The number of anilines is 1. The van der Waals surface area contributed by atoms with Crippen molar-refractivity contribution in [2.24, 2.45) is 11.3 Å². The number of likely N-dealkylation sites (tertiary alicyclic amines) is 1. The number of pyridine rings is 1. The Kier molecular flexibility index (Phi) is 4.13. The Morgan fingerprint density at radius 3 is 2.77 bits per heavy atom. The van der Waals surface area contributed by atoms with Gasteiger partial charge in [-0.2, -0.15) is 18.4 Å². The molecule has 2 atom stereocenters. The fourth-order valence-corrected chi connectivity index (χ4v) is 5.00. The molecular weight excluding hydrogens is 393 g/mol. The molecule has 0 bridgehead atoms. The van der Waals surface area contributed by atoms with E-state index in [0.717, 1.165) is 35.6 Å². The summed E-state index contributed by atoms with van der Waals surface area (Å²) < 4.78 is 37.7. The van der Waals surface area contributed by atoms with E-state index in [0.29, 0.717) is 12.2 Å². The van der Waals surface area contributed by atoms with Gasteiger partial charge in [-0.05, 0) is 60.7 Å². The number of hydrogen-bond acceptors (Lipinski definition) is 4. The van der Waals surface area contributed by atoms with Crippen molar-refractivity contribution in [2.45, 2.75) is 37.3 Å². The van der Waals surface area contributed by atoms with Crippen LogP contribution in [0.4, 0.5) is 19.0 Å². The van der Waals surface area contributed by atoms with Crippen molar-refractivity contribution in [3.63, 3.8) is 0 Å². The van der Waals surface area contributed by atoms with Gasteiger partial charge in [0.1, 0.15) is 5.82 Å². The van der Waals surface area contributed by atoms with Crippen LogP contribution < -0.4 is 5.32 Å². The van der Waals surface area contributed by atoms with Gasteiger partial charge < -0.3 is 5.32 Å². The van der Waals surface area contributed by atoms with E-state index < -0.39 is 18.6 Å². The highest BCUT2D eigenvalue weighted by molar-refractivity contribution is 5.94. The van der Waals surface area contributed by atoms with E-state index in [4.69, 9.17) is 0 Å². The highest BCUT2D eigenvalue weighted by Gasteiger charge is 2.75. The number of halogens is 3. The first-order valence-electron chi connectivity index (χ1n) is 10.2. The molecule has 8 heteroatoms. The van der Waals surface area contributed by atoms with Gasteiger partial charge in [0.15, 0.2) is 0 Å². The minimum absolute atomic E-state index is 0.0931. The summed E-state index contributed by atoms with van der Waals surface area (Å²) in [5.74, 6) is -0.420. The molecule has 2 aromatic rings. The van der Waals surface area contributed by atoms with Crippen molar-refractivity contribution in [1.82, 2.24) is 9.88 Å². The Hall–Kier alpha value is -2.66. The highest BCUT2D eigenvalue weighted by Crippen LogP contribution is 2.78. The van der Waals surface area contributed by atoms with Gasteiger partial charge in [0.25, 0.3) is 0 Å². The van der Waals surface area contributed by atoms with Crippen LogP contribution in [0, 0.1) is 22.7 Å². The Morgan fingerprint density at radius 1 is 1.30 bits per heavy atom. The summed E-state index contributed by atoms with van der Waals surface area (Å²) in [6, 6.07) is 10.2. The van der Waals surface area contributed by atoms with Gasteiger partial charge in [-0.1, -0.05) is 12.1 Å². The third kappa shape index (κ3) is 3.21. The first-order chi connectivity index (χ1) is 14.2. The van der Waals surface area contributed by atoms with Gasteiger partial charge in [-0.25, -0.2) is 4.98 Å². The number of benzene rings is 1. The molecule has 30 heavy (non-hydrogen) atoms. The monoisotopic (exact) mass is 414 g/mol. The van der Waals surface area contributed by atoms with E-state index in [1.807, 2.05) is 18.2 Å². The maximum Gasteiger partial charge on any atom is 0.401 e. The number of nitrogens with one attached hydrogen (secondary N) is 1. The van der Waals surface area contributed by atoms with Gasteiger partial charge in [0.2, 0.25) is 5.91 Å². The number of fused-ring (bicyclic) bond motifs is 1. The first-order valence-corrected chi connectivity index (χ1v) is 10.2. The average molecular weight is 414 g/mol. The number of rotatable bonds is 4. The summed E-state index contributed by atoms with van der Waals surface area (Å²) >= 11 is 0. The molecule has 0 unspecified atom stereocenters. The maximum absolute atomic E-state index is 12.6. The fraction of sp³-hybridized carbons (Fsp3) is 0.500. The van der Waals surface area contributed by atoms with E-state index >= 15 is 0 Å². The summed E-state index contributed by atoms with van der Waals surface area (Å²) in [6.07, 6.45) is 0.910. The molecule has 1 saturated heterocycles. The topological polar surface area (TPSA) is 69.0 Å². The fourth-order valence-electron chi connectivity index (χ4n) is 5.00. The smallest absolute Gasteiger partial charge is 0.310 e. The Labute approximate surface area is 171 Å². The largest absolute Gasteiger partial charge is 0.401 e. The zero-order valence-electron chi connectivity index (χ0n) is 16.3. The van der Waals surface area contributed by atoms with Crippen LogP contribution in [0.15, 0.2) is 30.5 Å². The van der Waals surface area contributed by atoms with Crippen LogP contribution in [-0.4, -0.2) is 41.6 Å². The zero-order chi connectivity index (χ0) is 21.1. The second-order valence-corrected chi connectivity index (χ2v) is 8.93. The van der Waals surface area contributed by atoms with Crippen LogP contribution in [0.3, 0.4) is 0 Å². The second-order valence-electron chi connectivity index (χ2n) is 8.93. The molecule has 3 aliphatic rings. The van der Waals surface area contributed by atoms with Crippen LogP contribution in [0.1, 0.15) is 31.2 Å². The van der Waals surface area contributed by atoms with E-state index in [1.54, 1.807) is 12.3 Å². The van der Waals surface area contributed by atoms with Crippen LogP contribution in [0.2, 0.25) is 0 Å². The standard InChI is InChI=1S/C22H21F3N4O/c23-22(24,25)13-29-6-3-15(10-29)19(30)28-18-8-16-7-17(2-1-14(16)9-27-18)21(12-26)11-20(21)4-5-20/h1-2,7-9,15H,3-6,10-11,13H2,(H,27,28,30)/t15-,21+/m1/s1. The first kappa shape index (κ1) is 19.3. The maximum atomic E-state index is 12.6. The van der Waals surface area contributed by atoms with Crippen molar-refractivity contribution in [1.29, 1.82) is 5.26 Å². The van der Waals surface area contributed by atoms with Crippen LogP contribution in [0.25, 0.3) is 10.8 Å². The Morgan fingerprint density at radius 2 is 2.10 bits per heavy atom. The number of amides is 1. The molecule has 1 aliphatic heterocycles. The van der Waals surface area contributed by atoms with Gasteiger partial charge in [0.05, 0.1) is 23.9 Å². The average Bonchev–Trinajstić information content (AvgIpc) is 3.56. The minimum Gasteiger partial charge on any atom is -0.310 e. The molecule has 5 nitrogen and oxygen atoms in total. The van der Waals surface area contributed by atoms with Gasteiger partial charge >= 0.3 is 6.18 Å². The molecule has 5 rings (SSSR count). The van der Waals surface area contributed by atoms with Crippen molar-refractivity contribution in [2.75, 3.05) is 25.0 Å². The van der Waals surface area contributed by atoms with Gasteiger partial charge in [-0.15, -0.1) is 0 Å². The Bertz CT molecular complexity index is 1070. The van der Waals surface area contributed by atoms with Crippen molar-refractivity contribution >= 4 is 22.5 Å². The number of hydrogen-bond donors (Lipinski definition) is 1. The van der Waals surface area contributed by atoms with Crippen molar-refractivity contribution in [3.05, 3.63) is 36.0 Å². The molecule has 0 radical (unpaired) electrons. The number of alkyl halides is 3. The highest BCUT2D eigenvalue weighted by atomic mass is 19.4. The lowest BCUT2D eigenvalue weighted by atomic mass is 9.92. The summed E-state index contributed by atoms with van der Waals surface area (Å²) in [5, 5.41) is 14.3. The summed E-state index contributed by atoms with van der Waals surface area (Å²) in [5.41, 5.74) is 0.793. The summed E-state index contributed by atoms with van der Waals surface area (Å²) in [6.45, 7) is -0.643. The molecule has 1 N–H and O–H groups in total. The molecule has 1 amide bonds. The van der Waals surface area contributed by atoms with Gasteiger partial charge in [-0.3, -0.25) is 9.69 Å². The zero-order valence-corrected chi connectivity index (χ0v) is 16.3. The lowest BCUT2D eigenvalue weighted by Crippen LogP contribution is -2.34. The molecule has 1 spiro atoms. The van der Waals surface area contributed by atoms with Gasteiger partial charge in [0, 0.05) is 18.1 Å². The van der Waals surface area contributed by atoms with E-state index in [9.17, 15) is 23.2 Å². The molecule has 2 aliphatic carbocycles. The second kappa shape index (κ2) is 6.42. The Balaban J connectivity index is 1.31. The number of nitrogens with zero attached hydrogens (tertiary/aromatic N) is 3. The predicted molar refractivity (Wildman–Crippen MR) is 105 cm³/mol. The summed E-state index contributed by atoms with van der Waals surface area (Å²) in [4.78, 5) is 18.1. The summed E-state index contributed by atoms with van der Waals surface area (Å²) in [7, 11) is 0. The van der Waals surface area contributed by atoms with Crippen molar-refractivity contribution < 1.29 is 18.0 Å². The lowest BCUT2D eigenvalue weighted by Gasteiger charge is -2.17. The third-order valence-electron chi connectivity index (χ3n) is 6.94.